The standard InChI is InChI=1S/C23H21ClN2O4S2/c1-16-21(22-7-2-3-8-23(22)26-16)13-14-25-32(29,30)20-6-4-5-19(15-20)31(27,28)18-11-9-17(24)10-12-18/h2-12,15,25-26H,13-14H2,1H3. The molecule has 1 heterocycles. The number of hydrogen-bond acceptors (Lipinski definition) is 4. The zero-order valence-corrected chi connectivity index (χ0v) is 19.6. The number of sulfonamides is 1. The molecule has 9 heteroatoms. The molecule has 2 N–H and O–H groups in total. The minimum Gasteiger partial charge on any atom is -0.358 e. The molecule has 0 radical (unpaired) electrons. The first-order chi connectivity index (χ1) is 15.2. The predicted molar refractivity (Wildman–Crippen MR) is 125 cm³/mol. The van der Waals surface area contributed by atoms with E-state index < -0.39 is 19.9 Å². The van der Waals surface area contributed by atoms with Crippen molar-refractivity contribution in [1.82, 2.24) is 9.71 Å². The third-order valence-electron chi connectivity index (χ3n) is 5.24. The molecule has 0 amide bonds. The molecule has 0 spiro atoms. The van der Waals surface area contributed by atoms with Crippen LogP contribution in [-0.4, -0.2) is 28.4 Å². The van der Waals surface area contributed by atoms with Crippen LogP contribution in [0.3, 0.4) is 0 Å². The van der Waals surface area contributed by atoms with Crippen molar-refractivity contribution in [3.8, 4) is 0 Å². The Labute approximate surface area is 192 Å². The Balaban J connectivity index is 1.54. The Bertz CT molecular complexity index is 1490. The summed E-state index contributed by atoms with van der Waals surface area (Å²) >= 11 is 5.84. The van der Waals surface area contributed by atoms with E-state index in [-0.39, 0.29) is 21.2 Å². The van der Waals surface area contributed by atoms with Crippen LogP contribution in [-0.2, 0) is 26.3 Å². The van der Waals surface area contributed by atoms with E-state index in [4.69, 9.17) is 11.6 Å². The van der Waals surface area contributed by atoms with Crippen molar-refractivity contribution in [2.45, 2.75) is 28.0 Å². The highest BCUT2D eigenvalue weighted by molar-refractivity contribution is 7.91. The molecule has 0 fully saturated rings. The largest absolute Gasteiger partial charge is 0.358 e. The summed E-state index contributed by atoms with van der Waals surface area (Å²) in [5.74, 6) is 0. The fourth-order valence-electron chi connectivity index (χ4n) is 3.61. The predicted octanol–water partition coefficient (Wildman–Crippen LogP) is 4.48. The molecule has 6 nitrogen and oxygen atoms in total. The molecule has 1 aromatic heterocycles. The molecular formula is C23H21ClN2O4S2. The van der Waals surface area contributed by atoms with Crippen LogP contribution >= 0.6 is 11.6 Å². The second kappa shape index (κ2) is 8.71. The number of halogens is 1. The van der Waals surface area contributed by atoms with Crippen LogP contribution in [0.15, 0.2) is 87.5 Å². The summed E-state index contributed by atoms with van der Waals surface area (Å²) in [6.45, 7) is 2.13. The van der Waals surface area contributed by atoms with E-state index in [0.29, 0.717) is 11.4 Å². The summed E-state index contributed by atoms with van der Waals surface area (Å²) < 4.78 is 54.0. The van der Waals surface area contributed by atoms with Crippen LogP contribution in [0.2, 0.25) is 5.02 Å². The highest BCUT2D eigenvalue weighted by Gasteiger charge is 2.21. The summed E-state index contributed by atoms with van der Waals surface area (Å²) in [6, 6.07) is 18.9. The Morgan fingerprint density at radius 3 is 2.28 bits per heavy atom. The van der Waals surface area contributed by atoms with Gasteiger partial charge in [-0.3, -0.25) is 0 Å². The summed E-state index contributed by atoms with van der Waals surface area (Å²) in [5, 5.41) is 1.47. The van der Waals surface area contributed by atoms with Crippen molar-refractivity contribution < 1.29 is 16.8 Å². The number of H-pyrrole nitrogens is 1. The molecule has 3 aromatic carbocycles. The number of nitrogens with one attached hydrogen (secondary N) is 2. The molecule has 32 heavy (non-hydrogen) atoms. The number of aromatic amines is 1. The third kappa shape index (κ3) is 4.45. The summed E-state index contributed by atoms with van der Waals surface area (Å²) in [6.07, 6.45) is 0.498. The fraction of sp³-hybridized carbons (Fsp3) is 0.130. The lowest BCUT2D eigenvalue weighted by molar-refractivity contribution is 0.581. The number of aromatic nitrogens is 1. The first-order valence-corrected chi connectivity index (χ1v) is 13.2. The van der Waals surface area contributed by atoms with Gasteiger partial charge in [0.15, 0.2) is 0 Å². The molecule has 0 unspecified atom stereocenters. The van der Waals surface area contributed by atoms with Crippen molar-refractivity contribution >= 4 is 42.4 Å². The Kier molecular flexibility index (Phi) is 6.13. The van der Waals surface area contributed by atoms with Crippen molar-refractivity contribution in [3.05, 3.63) is 89.1 Å². The smallest absolute Gasteiger partial charge is 0.240 e. The maximum absolute atomic E-state index is 12.9. The van der Waals surface area contributed by atoms with E-state index >= 15 is 0 Å². The van der Waals surface area contributed by atoms with Gasteiger partial charge < -0.3 is 4.98 Å². The molecule has 0 aliphatic heterocycles. The van der Waals surface area contributed by atoms with Crippen LogP contribution in [0.4, 0.5) is 0 Å². The van der Waals surface area contributed by atoms with Gasteiger partial charge in [0.2, 0.25) is 19.9 Å². The average molecular weight is 489 g/mol. The minimum atomic E-state index is -3.90. The van der Waals surface area contributed by atoms with Gasteiger partial charge in [0.05, 0.1) is 14.7 Å². The molecule has 0 saturated heterocycles. The Morgan fingerprint density at radius 1 is 0.844 bits per heavy atom. The Hall–Kier alpha value is -2.65. The number of benzene rings is 3. The van der Waals surface area contributed by atoms with Gasteiger partial charge in [-0.1, -0.05) is 35.9 Å². The second-order valence-corrected chi connectivity index (χ2v) is 11.5. The maximum Gasteiger partial charge on any atom is 0.240 e. The van der Waals surface area contributed by atoms with Crippen molar-refractivity contribution in [2.24, 2.45) is 0 Å². The van der Waals surface area contributed by atoms with Gasteiger partial charge in [0.25, 0.3) is 0 Å². The molecule has 0 atom stereocenters. The zero-order valence-electron chi connectivity index (χ0n) is 17.2. The number of fused-ring (bicyclic) bond motifs is 1. The lowest BCUT2D eigenvalue weighted by Gasteiger charge is -2.10. The molecule has 4 aromatic rings. The average Bonchev–Trinajstić information content (AvgIpc) is 3.09. The van der Waals surface area contributed by atoms with Crippen LogP contribution < -0.4 is 4.72 Å². The van der Waals surface area contributed by atoms with Crippen molar-refractivity contribution in [3.63, 3.8) is 0 Å². The fourth-order valence-corrected chi connectivity index (χ4v) is 6.19. The van der Waals surface area contributed by atoms with Crippen LogP contribution in [0.5, 0.6) is 0 Å². The van der Waals surface area contributed by atoms with E-state index in [1.807, 2.05) is 31.2 Å². The van der Waals surface area contributed by atoms with Crippen LogP contribution in [0.1, 0.15) is 11.3 Å². The van der Waals surface area contributed by atoms with Crippen molar-refractivity contribution in [2.75, 3.05) is 6.54 Å². The number of sulfone groups is 1. The quantitative estimate of drug-likeness (QED) is 0.400. The SMILES string of the molecule is Cc1[nH]c2ccccc2c1CCNS(=O)(=O)c1cccc(S(=O)(=O)c2ccc(Cl)cc2)c1. The third-order valence-corrected chi connectivity index (χ3v) is 8.72. The molecule has 0 aliphatic carbocycles. The molecule has 0 saturated carbocycles. The van der Waals surface area contributed by atoms with Gasteiger partial charge in [0.1, 0.15) is 0 Å². The summed E-state index contributed by atoms with van der Waals surface area (Å²) in [4.78, 5) is 3.13. The van der Waals surface area contributed by atoms with E-state index in [2.05, 4.69) is 9.71 Å². The first kappa shape index (κ1) is 22.5. The minimum absolute atomic E-state index is 0.0409. The van der Waals surface area contributed by atoms with Gasteiger partial charge in [-0.15, -0.1) is 0 Å². The van der Waals surface area contributed by atoms with Gasteiger partial charge in [-0.25, -0.2) is 21.6 Å². The van der Waals surface area contributed by atoms with Gasteiger partial charge in [-0.05, 0) is 67.4 Å². The highest BCUT2D eigenvalue weighted by Crippen LogP contribution is 2.25. The molecule has 4 rings (SSSR count). The van der Waals surface area contributed by atoms with Gasteiger partial charge >= 0.3 is 0 Å². The van der Waals surface area contributed by atoms with E-state index in [0.717, 1.165) is 22.2 Å². The number of rotatable bonds is 7. The molecular weight excluding hydrogens is 468 g/mol. The van der Waals surface area contributed by atoms with Crippen LogP contribution in [0.25, 0.3) is 10.9 Å². The molecule has 0 aliphatic rings. The normalized spacial score (nSPS) is 12.3. The summed E-state index contributed by atoms with van der Waals surface area (Å²) in [5.41, 5.74) is 3.03. The van der Waals surface area contributed by atoms with E-state index in [9.17, 15) is 16.8 Å². The summed E-state index contributed by atoms with van der Waals surface area (Å²) in [7, 11) is -7.78. The van der Waals surface area contributed by atoms with Gasteiger partial charge in [-0.2, -0.15) is 0 Å². The van der Waals surface area contributed by atoms with Crippen LogP contribution in [0, 0.1) is 6.92 Å². The lowest BCUT2D eigenvalue weighted by atomic mass is 10.1. The number of aryl methyl sites for hydroxylation is 1. The topological polar surface area (TPSA) is 96.1 Å². The van der Waals surface area contributed by atoms with E-state index in [1.54, 1.807) is 0 Å². The van der Waals surface area contributed by atoms with Crippen molar-refractivity contribution in [1.29, 1.82) is 0 Å². The number of hydrogen-bond donors (Lipinski definition) is 2. The van der Waals surface area contributed by atoms with E-state index in [1.165, 1.54) is 48.5 Å². The van der Waals surface area contributed by atoms with Gasteiger partial charge in [0, 0.05) is 28.2 Å². The maximum atomic E-state index is 12.9. The molecule has 0 bridgehead atoms. The highest BCUT2D eigenvalue weighted by atomic mass is 35.5. The second-order valence-electron chi connectivity index (χ2n) is 7.35. The monoisotopic (exact) mass is 488 g/mol. The zero-order chi connectivity index (χ0) is 22.9. The first-order valence-electron chi connectivity index (χ1n) is 9.85. The number of para-hydroxylation sites is 1. The Morgan fingerprint density at radius 2 is 1.53 bits per heavy atom. The molecule has 166 valence electrons. The lowest BCUT2D eigenvalue weighted by Crippen LogP contribution is -2.26.